The van der Waals surface area contributed by atoms with E-state index in [0.29, 0.717) is 24.9 Å². The number of rotatable bonds is 14. The van der Waals surface area contributed by atoms with E-state index in [1.807, 2.05) is 24.3 Å². The highest BCUT2D eigenvalue weighted by Crippen LogP contribution is 2.33. The Hall–Kier alpha value is -4.41. The summed E-state index contributed by atoms with van der Waals surface area (Å²) < 4.78 is 0. The van der Waals surface area contributed by atoms with Gasteiger partial charge in [-0.05, 0) is 79.9 Å². The molecule has 0 spiro atoms. The highest BCUT2D eigenvalue weighted by Gasteiger charge is 2.37. The fourth-order valence-electron chi connectivity index (χ4n) is 6.79. The highest BCUT2D eigenvalue weighted by atomic mass is 16.2. The summed E-state index contributed by atoms with van der Waals surface area (Å²) in [6.45, 7) is 0.310. The third kappa shape index (κ3) is 9.54. The monoisotopic (exact) mass is 616 g/mol. The van der Waals surface area contributed by atoms with Gasteiger partial charge in [-0.1, -0.05) is 67.8 Å². The molecule has 1 unspecified atom stereocenters. The van der Waals surface area contributed by atoms with Crippen molar-refractivity contribution < 1.29 is 14.4 Å². The summed E-state index contributed by atoms with van der Waals surface area (Å²) in [6.07, 6.45) is 8.44. The van der Waals surface area contributed by atoms with Gasteiger partial charge in [0.2, 0.25) is 17.7 Å². The highest BCUT2D eigenvalue weighted by molar-refractivity contribution is 5.95. The molecule has 4 atom stereocenters. The fraction of sp³-hybridized carbons (Fsp3) is 0.500. The number of carbonyl (C=O) groups is 3. The summed E-state index contributed by atoms with van der Waals surface area (Å²) in [5.74, 6) is -1.59. The molecule has 2 aliphatic carbocycles. The number of benzene rings is 2. The second-order valence-electron chi connectivity index (χ2n) is 12.5. The van der Waals surface area contributed by atoms with Crippen LogP contribution in [-0.4, -0.2) is 48.1 Å². The predicted molar refractivity (Wildman–Crippen MR) is 176 cm³/mol. The summed E-state index contributed by atoms with van der Waals surface area (Å²) >= 11 is 0. The van der Waals surface area contributed by atoms with Gasteiger partial charge in [-0.25, -0.2) is 0 Å². The number of fused-ring (bicyclic) bond motifs is 1. The lowest BCUT2D eigenvalue weighted by atomic mass is 9.74. The lowest BCUT2D eigenvalue weighted by Crippen LogP contribution is -2.57. The second kappa shape index (κ2) is 16.1. The zero-order valence-corrected chi connectivity index (χ0v) is 26.0. The van der Waals surface area contributed by atoms with Crippen LogP contribution in [0.2, 0.25) is 0 Å². The minimum atomic E-state index is -0.903. The summed E-state index contributed by atoms with van der Waals surface area (Å²) in [4.78, 5) is 44.4. The van der Waals surface area contributed by atoms with E-state index in [9.17, 15) is 14.4 Å². The van der Waals surface area contributed by atoms with Gasteiger partial charge in [-0.3, -0.25) is 24.8 Å². The van der Waals surface area contributed by atoms with Crippen molar-refractivity contribution in [1.29, 1.82) is 5.41 Å². The van der Waals surface area contributed by atoms with Crippen molar-refractivity contribution in [3.63, 3.8) is 0 Å². The smallest absolute Gasteiger partial charge is 0.243 e. The van der Waals surface area contributed by atoms with Gasteiger partial charge in [0.1, 0.15) is 17.9 Å². The van der Waals surface area contributed by atoms with E-state index in [0.717, 1.165) is 56.9 Å². The molecule has 0 aliphatic heterocycles. The normalized spacial score (nSPS) is 18.4. The van der Waals surface area contributed by atoms with Crippen LogP contribution in [0.5, 0.6) is 0 Å². The Kier molecular flexibility index (Phi) is 11.9. The van der Waals surface area contributed by atoms with Crippen LogP contribution in [0.3, 0.4) is 0 Å². The predicted octanol–water partition coefficient (Wildman–Crippen LogP) is 2.02. The summed E-state index contributed by atoms with van der Waals surface area (Å²) in [6, 6.07) is 14.1. The minimum Gasteiger partial charge on any atom is -0.384 e. The van der Waals surface area contributed by atoms with Crippen molar-refractivity contribution in [2.24, 2.45) is 45.7 Å². The van der Waals surface area contributed by atoms with Gasteiger partial charge in [0.15, 0.2) is 5.96 Å². The molecule has 1 fully saturated rings. The molecular weight excluding hydrogens is 568 g/mol. The first-order valence-electron chi connectivity index (χ1n) is 16.1. The molecule has 2 aromatic rings. The Bertz CT molecular complexity index is 1370. The minimum absolute atomic E-state index is 0.00781. The number of amidine groups is 1. The number of carbonyl (C=O) groups excluding carboxylic acids is 3. The second-order valence-corrected chi connectivity index (χ2v) is 12.5. The number of hydrogen-bond acceptors (Lipinski definition) is 5. The van der Waals surface area contributed by atoms with Crippen molar-refractivity contribution >= 4 is 29.5 Å². The van der Waals surface area contributed by atoms with E-state index >= 15 is 0 Å². The van der Waals surface area contributed by atoms with Gasteiger partial charge in [0, 0.05) is 18.0 Å². The van der Waals surface area contributed by atoms with Crippen LogP contribution in [0.15, 0.2) is 53.5 Å². The molecule has 1 saturated carbocycles. The molecule has 45 heavy (non-hydrogen) atoms. The molecule has 4 rings (SSSR count). The van der Waals surface area contributed by atoms with Crippen LogP contribution in [0.25, 0.3) is 0 Å². The lowest BCUT2D eigenvalue weighted by Gasteiger charge is -2.35. The van der Waals surface area contributed by atoms with Crippen LogP contribution < -0.4 is 33.6 Å². The van der Waals surface area contributed by atoms with Crippen LogP contribution in [0, 0.1) is 23.2 Å². The van der Waals surface area contributed by atoms with Gasteiger partial charge in [0.25, 0.3) is 0 Å². The molecule has 11 heteroatoms. The zero-order valence-electron chi connectivity index (χ0n) is 26.0. The Labute approximate surface area is 265 Å². The maximum absolute atomic E-state index is 14.3. The van der Waals surface area contributed by atoms with Gasteiger partial charge >= 0.3 is 0 Å². The van der Waals surface area contributed by atoms with E-state index in [4.69, 9.17) is 28.3 Å². The number of nitrogens with one attached hydrogen (secondary N) is 3. The first kappa shape index (κ1) is 33.5. The summed E-state index contributed by atoms with van der Waals surface area (Å²) in [5.41, 5.74) is 26.3. The average molecular weight is 617 g/mol. The number of aliphatic imine (C=N–C) groups is 1. The molecule has 2 aromatic carbocycles. The third-order valence-electron chi connectivity index (χ3n) is 9.32. The van der Waals surface area contributed by atoms with Crippen molar-refractivity contribution in [2.45, 2.75) is 82.7 Å². The van der Waals surface area contributed by atoms with Gasteiger partial charge in [-0.2, -0.15) is 0 Å². The number of nitrogen functional groups attached to an aromatic ring is 1. The first-order valence-corrected chi connectivity index (χ1v) is 16.1. The van der Waals surface area contributed by atoms with Crippen LogP contribution in [0.1, 0.15) is 73.6 Å². The number of nitrogens with two attached hydrogens (primary N) is 4. The van der Waals surface area contributed by atoms with E-state index in [2.05, 4.69) is 27.8 Å². The van der Waals surface area contributed by atoms with Gasteiger partial charge in [0.05, 0.1) is 0 Å². The number of aryl methyl sites for hydroxylation is 1. The average Bonchev–Trinajstić information content (AvgIpc) is 3.03. The Balaban J connectivity index is 1.56. The molecule has 242 valence electrons. The largest absolute Gasteiger partial charge is 0.384 e. The maximum Gasteiger partial charge on any atom is 0.243 e. The van der Waals surface area contributed by atoms with Crippen molar-refractivity contribution in [1.82, 2.24) is 10.6 Å². The van der Waals surface area contributed by atoms with Crippen LogP contribution in [-0.2, 0) is 33.6 Å². The summed E-state index contributed by atoms with van der Waals surface area (Å²) in [7, 11) is 0. The van der Waals surface area contributed by atoms with Gasteiger partial charge < -0.3 is 33.6 Å². The zero-order chi connectivity index (χ0) is 32.3. The Morgan fingerprint density at radius 1 is 0.844 bits per heavy atom. The van der Waals surface area contributed by atoms with E-state index < -0.39 is 18.0 Å². The van der Waals surface area contributed by atoms with Crippen LogP contribution in [0.4, 0.5) is 0 Å². The molecule has 11 nitrogen and oxygen atoms in total. The number of primary amides is 1. The topological polar surface area (TPSA) is 216 Å². The fourth-order valence-corrected chi connectivity index (χ4v) is 6.79. The number of guanidine groups is 1. The summed E-state index contributed by atoms with van der Waals surface area (Å²) in [5, 5.41) is 13.7. The molecule has 0 bridgehead atoms. The number of amides is 3. The molecular formula is C34H48N8O3. The molecule has 0 radical (unpaired) electrons. The molecule has 0 aromatic heterocycles. The van der Waals surface area contributed by atoms with E-state index in [-0.39, 0.29) is 47.8 Å². The van der Waals surface area contributed by atoms with Gasteiger partial charge in [-0.15, -0.1) is 0 Å². The SMILES string of the molecule is N=C(N)c1ccc(C[C@H](C(=O)N[C@H](C(=O)N[C@@H](CCCN=C(N)N)C(N)=O)C2CCCCC2)C2CCc3ccccc3C2)cc1. The Morgan fingerprint density at radius 2 is 1.53 bits per heavy atom. The van der Waals surface area contributed by atoms with E-state index in [1.165, 1.54) is 11.1 Å². The van der Waals surface area contributed by atoms with E-state index in [1.54, 1.807) is 12.1 Å². The molecule has 11 N–H and O–H groups in total. The standard InChI is InChI=1S/C34H48N8O3/c35-30(36)24-14-12-21(13-15-24)19-27(26-17-16-22-7-4-5-10-25(22)20-26)32(44)42-29(23-8-2-1-3-9-23)33(45)41-28(31(37)43)11-6-18-40-34(38)39/h4-5,7,10,12-15,23,26-29H,1-3,6,8-9,11,16-20H2,(H3,35,36)(H2,37,43)(H,41,45)(H,42,44)(H4,38,39,40)/t26?,27-,28-,29-/m0/s1. The maximum atomic E-state index is 14.3. The Morgan fingerprint density at radius 3 is 2.18 bits per heavy atom. The molecule has 3 amide bonds. The number of nitrogens with zero attached hydrogens (tertiary/aromatic N) is 1. The molecule has 2 aliphatic rings. The van der Waals surface area contributed by atoms with Crippen molar-refractivity contribution in [2.75, 3.05) is 6.54 Å². The quantitative estimate of drug-likeness (QED) is 0.0956. The molecule has 0 heterocycles. The molecule has 0 saturated heterocycles. The van der Waals surface area contributed by atoms with Crippen LogP contribution >= 0.6 is 0 Å². The lowest BCUT2D eigenvalue weighted by molar-refractivity contribution is -0.135. The third-order valence-corrected chi connectivity index (χ3v) is 9.32. The van der Waals surface area contributed by atoms with Crippen molar-refractivity contribution in [3.8, 4) is 0 Å². The first-order chi connectivity index (χ1) is 21.6. The number of hydrogen-bond donors (Lipinski definition) is 7. The van der Waals surface area contributed by atoms with Crippen molar-refractivity contribution in [3.05, 3.63) is 70.8 Å².